The van der Waals surface area contributed by atoms with Gasteiger partial charge in [-0.2, -0.15) is 0 Å². The molecule has 4 N–H and O–H groups in total. The smallest absolute Gasteiger partial charge is 0.203 e. The van der Waals surface area contributed by atoms with Crippen LogP contribution in [0.15, 0.2) is 267 Å². The molecule has 0 aliphatic carbocycles. The standard InChI is InChI=1S/2C28H27NO3S.C27H24ClNO3S.C27H24FNO3S/c1-19-4-6-21(7-5-19)27(31)28-26(24-13-10-22(30)18-25(24)33-28)20-8-11-23(12-9-20)32-17-3-16-29-14-2-15-29;1-19-6-2-3-7-23(19)27(31)28-26(24-13-10-21(30)18-25(24)33-28)20-8-11-22(12-9-20)32-17-5-16-29-14-4-15-29;2*28-20-7-3-19(4-8-20)26(31)27-25(23-12-9-21(30)17-24(23)33-27)18-5-10-22(11-6-18)32-16-2-15-29-13-1-14-29/h4-13,18,30H,2-3,14-17H2,1H3;2-3,6-13,18,30H,4-5,14-17H2,1H3;2*3-12,17,30H,1-2,13-16H2. The van der Waals surface area contributed by atoms with E-state index in [1.54, 1.807) is 72.8 Å². The van der Waals surface area contributed by atoms with Crippen LogP contribution in [0.2, 0.25) is 5.02 Å². The van der Waals surface area contributed by atoms with E-state index in [4.69, 9.17) is 30.5 Å². The SMILES string of the molecule is Cc1ccc(C(=O)c2sc3cc(O)ccc3c2-c2ccc(OCCCN3CCC3)cc2)cc1.Cc1ccccc1C(=O)c1sc2cc(O)ccc2c1-c1ccc(OCCCN2CCC2)cc1.O=C(c1ccc(Cl)cc1)c1sc2cc(O)ccc2c1-c1ccc(OCCCN2CCC2)cc1.O=C(c1ccc(F)cc1)c1sc2cc(O)ccc2c1-c1ccc(OCCCN2CCC2)cc1. The van der Waals surface area contributed by atoms with Crippen molar-refractivity contribution in [3.8, 4) is 90.5 Å². The molecule has 4 aromatic heterocycles. The summed E-state index contributed by atoms with van der Waals surface area (Å²) in [6.07, 6.45) is 9.29. The van der Waals surface area contributed by atoms with Gasteiger partial charge in [0, 0.05) is 116 Å². The second-order valence-corrected chi connectivity index (χ2v) is 38.3. The molecule has 0 unspecified atom stereocenters. The number of hydrogen-bond acceptors (Lipinski definition) is 20. The van der Waals surface area contributed by atoms with E-state index in [2.05, 4.69) is 19.6 Å². The summed E-state index contributed by atoms with van der Waals surface area (Å²) >= 11 is 11.6. The molecule has 0 radical (unpaired) electrons. The topological polar surface area (TPSA) is 199 Å². The van der Waals surface area contributed by atoms with E-state index < -0.39 is 0 Å². The molecule has 16 nitrogen and oxygen atoms in total. The summed E-state index contributed by atoms with van der Waals surface area (Å²) in [6, 6.07) is 80.5. The highest BCUT2D eigenvalue weighted by atomic mass is 35.5. The number of aromatic hydroxyl groups is 4. The number of likely N-dealkylation sites (tertiary alicyclic amines) is 4. The van der Waals surface area contributed by atoms with Crippen molar-refractivity contribution in [1.82, 2.24) is 19.6 Å². The summed E-state index contributed by atoms with van der Waals surface area (Å²) in [5.74, 6) is 3.43. The number of aryl methyl sites for hydroxylation is 2. The molecule has 20 rings (SSSR count). The van der Waals surface area contributed by atoms with Crippen LogP contribution in [0.3, 0.4) is 0 Å². The molecule has 0 atom stereocenters. The van der Waals surface area contributed by atoms with Gasteiger partial charge in [0.25, 0.3) is 0 Å². The van der Waals surface area contributed by atoms with Crippen molar-refractivity contribution in [3.05, 3.63) is 331 Å². The predicted molar refractivity (Wildman–Crippen MR) is 534 cm³/mol. The van der Waals surface area contributed by atoms with E-state index in [0.717, 1.165) is 171 Å². The largest absolute Gasteiger partial charge is 0.508 e. The Morgan fingerprint density at radius 1 is 0.326 bits per heavy atom. The van der Waals surface area contributed by atoms with Crippen LogP contribution in [-0.2, 0) is 0 Å². The fraction of sp³-hybridized carbons (Fsp3) is 0.236. The van der Waals surface area contributed by atoms with Gasteiger partial charge in [-0.25, -0.2) is 4.39 Å². The monoisotopic (exact) mass is 1850 g/mol. The maximum atomic E-state index is 13.6. The molecule has 0 saturated carbocycles. The number of ether oxygens (including phenoxy) is 4. The van der Waals surface area contributed by atoms with E-state index in [9.17, 15) is 44.0 Å². The van der Waals surface area contributed by atoms with Crippen LogP contribution in [0.4, 0.5) is 4.39 Å². The lowest BCUT2D eigenvalue weighted by Crippen LogP contribution is -2.38. The number of fused-ring (bicyclic) bond motifs is 4. The third-order valence-corrected chi connectivity index (χ3v) is 29.2. The molecule has 132 heavy (non-hydrogen) atoms. The molecule has 0 bridgehead atoms. The Morgan fingerprint density at radius 3 is 0.864 bits per heavy atom. The molecule has 12 aromatic carbocycles. The van der Waals surface area contributed by atoms with E-state index in [1.807, 2.05) is 184 Å². The minimum atomic E-state index is -0.381. The molecule has 16 aromatic rings. The normalized spacial score (nSPS) is 13.7. The first-order chi connectivity index (χ1) is 64.3. The first-order valence-corrected chi connectivity index (χ1v) is 48.7. The number of nitrogens with zero attached hydrogens (tertiary/aromatic N) is 4. The van der Waals surface area contributed by atoms with Crippen LogP contribution in [0, 0.1) is 19.7 Å². The van der Waals surface area contributed by atoms with Crippen LogP contribution in [0.1, 0.15) is 123 Å². The zero-order chi connectivity index (χ0) is 91.1. The van der Waals surface area contributed by atoms with Crippen molar-refractivity contribution in [3.63, 3.8) is 0 Å². The molecule has 4 aliphatic rings. The quantitative estimate of drug-likeness (QED) is 0.0229. The fourth-order valence-corrected chi connectivity index (χ4v) is 21.6. The summed E-state index contributed by atoms with van der Waals surface area (Å²) in [5.41, 5.74) is 11.7. The van der Waals surface area contributed by atoms with Gasteiger partial charge in [-0.15, -0.1) is 45.3 Å². The Balaban J connectivity index is 0.000000123. The summed E-state index contributed by atoms with van der Waals surface area (Å²) in [5, 5.41) is 44.3. The number of carbonyl (C=O) groups is 4. The number of phenolic OH excluding ortho intramolecular Hbond substituents is 4. The van der Waals surface area contributed by atoms with E-state index >= 15 is 0 Å². The van der Waals surface area contributed by atoms with Gasteiger partial charge < -0.3 is 59.0 Å². The van der Waals surface area contributed by atoms with Gasteiger partial charge >= 0.3 is 0 Å². The zero-order valence-corrected chi connectivity index (χ0v) is 77.6. The lowest BCUT2D eigenvalue weighted by atomic mass is 9.96. The molecule has 22 heteroatoms. The number of phenols is 4. The molecule has 0 amide bonds. The van der Waals surface area contributed by atoms with Gasteiger partial charge in [0.1, 0.15) is 51.8 Å². The van der Waals surface area contributed by atoms with Gasteiger partial charge in [0.15, 0.2) is 0 Å². The zero-order valence-electron chi connectivity index (χ0n) is 73.6. The number of carbonyl (C=O) groups excluding carboxylic acids is 4. The van der Waals surface area contributed by atoms with Crippen LogP contribution in [0.5, 0.6) is 46.0 Å². The Kier molecular flexibility index (Phi) is 29.7. The van der Waals surface area contributed by atoms with Gasteiger partial charge in [-0.1, -0.05) is 114 Å². The molecule has 4 fully saturated rings. The van der Waals surface area contributed by atoms with E-state index in [0.29, 0.717) is 73.2 Å². The highest BCUT2D eigenvalue weighted by molar-refractivity contribution is 7.23. The molecule has 4 saturated heterocycles. The number of ketones is 4. The first kappa shape index (κ1) is 91.5. The highest BCUT2D eigenvalue weighted by Gasteiger charge is 2.29. The maximum Gasteiger partial charge on any atom is 0.203 e. The number of rotatable bonds is 32. The third-order valence-electron chi connectivity index (χ3n) is 24.4. The van der Waals surface area contributed by atoms with E-state index in [1.165, 1.54) is 148 Å². The second-order valence-electron chi connectivity index (χ2n) is 33.6. The number of benzene rings is 12. The van der Waals surface area contributed by atoms with Crippen molar-refractivity contribution >= 4 is 120 Å². The number of hydrogen-bond donors (Lipinski definition) is 4. The molecule has 672 valence electrons. The molecule has 0 spiro atoms. The van der Waals surface area contributed by atoms with Gasteiger partial charge in [-0.05, 0) is 315 Å². The average molecular weight is 1850 g/mol. The van der Waals surface area contributed by atoms with Crippen molar-refractivity contribution in [1.29, 1.82) is 0 Å². The summed E-state index contributed by atoms with van der Waals surface area (Å²) in [4.78, 5) is 66.1. The highest BCUT2D eigenvalue weighted by Crippen LogP contribution is 2.47. The van der Waals surface area contributed by atoms with Crippen LogP contribution in [-0.4, -0.2) is 168 Å². The lowest BCUT2D eigenvalue weighted by molar-refractivity contribution is 0.103. The van der Waals surface area contributed by atoms with Gasteiger partial charge in [-0.3, -0.25) is 19.2 Å². The van der Waals surface area contributed by atoms with Crippen molar-refractivity contribution < 1.29 is 62.9 Å². The second kappa shape index (κ2) is 42.9. The summed E-state index contributed by atoms with van der Waals surface area (Å²) < 4.78 is 40.5. The Labute approximate surface area is 788 Å². The molecule has 8 heterocycles. The van der Waals surface area contributed by atoms with Gasteiger partial charge in [0.05, 0.1) is 45.9 Å². The lowest BCUT2D eigenvalue weighted by Gasteiger charge is -2.30. The number of halogens is 2. The predicted octanol–water partition coefficient (Wildman–Crippen LogP) is 25.3. The van der Waals surface area contributed by atoms with Crippen molar-refractivity contribution in [2.45, 2.75) is 65.2 Å². The molecular weight excluding hydrogens is 1750 g/mol. The van der Waals surface area contributed by atoms with Crippen molar-refractivity contribution in [2.75, 3.05) is 105 Å². The maximum absolute atomic E-state index is 13.6. The van der Waals surface area contributed by atoms with Gasteiger partial charge in [0.2, 0.25) is 23.1 Å². The molecule has 4 aliphatic heterocycles. The Bertz CT molecular complexity index is 6260. The minimum Gasteiger partial charge on any atom is -0.508 e. The van der Waals surface area contributed by atoms with Crippen LogP contribution >= 0.6 is 56.9 Å². The summed E-state index contributed by atoms with van der Waals surface area (Å²) in [7, 11) is 0. The summed E-state index contributed by atoms with van der Waals surface area (Å²) in [6.45, 7) is 20.7. The molecular formula is C110H102ClFN4O12S4. The minimum absolute atomic E-state index is 0.00277. The van der Waals surface area contributed by atoms with Crippen LogP contribution in [0.25, 0.3) is 84.9 Å². The average Bonchev–Trinajstić information content (AvgIpc) is 1.63. The third kappa shape index (κ3) is 22.2. The Hall–Kier alpha value is -12.4. The first-order valence-electron chi connectivity index (χ1n) is 45.0. The van der Waals surface area contributed by atoms with Crippen molar-refractivity contribution in [2.24, 2.45) is 0 Å². The van der Waals surface area contributed by atoms with E-state index in [-0.39, 0.29) is 51.9 Å². The number of thiophene rings is 4. The Morgan fingerprint density at radius 2 is 0.591 bits per heavy atom. The van der Waals surface area contributed by atoms with Crippen LogP contribution < -0.4 is 18.9 Å². The fourth-order valence-electron chi connectivity index (χ4n) is 16.6.